The summed E-state index contributed by atoms with van der Waals surface area (Å²) in [5.74, 6) is 0.158. The normalized spacial score (nSPS) is 12.6. The maximum Gasteiger partial charge on any atom is 0.180 e. The Balaban J connectivity index is 1.99. The molecule has 0 aliphatic heterocycles. The van der Waals surface area contributed by atoms with E-state index >= 15 is 0 Å². The van der Waals surface area contributed by atoms with Crippen LogP contribution in [0.5, 0.6) is 0 Å². The number of rotatable bonds is 15. The first-order chi connectivity index (χ1) is 17.6. The summed E-state index contributed by atoms with van der Waals surface area (Å²) in [6, 6.07) is 27.2. The summed E-state index contributed by atoms with van der Waals surface area (Å²) in [6.45, 7) is 9.14. The minimum Gasteiger partial charge on any atom is -0.346 e. The van der Waals surface area contributed by atoms with Crippen LogP contribution < -0.4 is 15.9 Å². The first-order valence-corrected chi connectivity index (χ1v) is 16.0. The predicted octanol–water partition coefficient (Wildman–Crippen LogP) is 8.80. The Labute approximate surface area is 222 Å². The second kappa shape index (κ2) is 14.7. The number of methoxy groups -OCH3 is 1. The molecule has 0 saturated carbocycles. The van der Waals surface area contributed by atoms with Crippen LogP contribution in [0.3, 0.4) is 0 Å². The van der Waals surface area contributed by atoms with Gasteiger partial charge < -0.3 is 4.74 Å². The maximum atomic E-state index is 6.57. The van der Waals surface area contributed by atoms with Crippen LogP contribution in [-0.2, 0) is 4.74 Å². The molecule has 0 amide bonds. The fraction of sp³-hybridized carbons (Fsp3) is 0.471. The van der Waals surface area contributed by atoms with Crippen LogP contribution in [0.25, 0.3) is 0 Å². The highest BCUT2D eigenvalue weighted by Crippen LogP contribution is 2.62. The molecule has 0 aliphatic carbocycles. The summed E-state index contributed by atoms with van der Waals surface area (Å²) < 4.78 is 6.57. The van der Waals surface area contributed by atoms with Crippen LogP contribution >= 0.6 is 7.26 Å². The van der Waals surface area contributed by atoms with Crippen molar-refractivity contribution in [2.45, 2.75) is 97.7 Å². The molecule has 0 radical (unpaired) electrons. The van der Waals surface area contributed by atoms with Gasteiger partial charge in [-0.2, -0.15) is 0 Å². The van der Waals surface area contributed by atoms with Crippen molar-refractivity contribution < 1.29 is 4.74 Å². The topological polar surface area (TPSA) is 9.23 Å². The highest BCUT2D eigenvalue weighted by molar-refractivity contribution is 7.96. The van der Waals surface area contributed by atoms with Crippen LogP contribution in [0.1, 0.15) is 87.8 Å². The molecule has 0 aliphatic rings. The highest BCUT2D eigenvalue weighted by atomic mass is 31.2. The quantitative estimate of drug-likeness (QED) is 0.149. The fourth-order valence-electron chi connectivity index (χ4n) is 5.83. The molecule has 0 saturated heterocycles. The van der Waals surface area contributed by atoms with E-state index in [2.05, 4.69) is 100 Å². The van der Waals surface area contributed by atoms with Crippen molar-refractivity contribution in [3.8, 4) is 0 Å². The Morgan fingerprint density at radius 1 is 0.556 bits per heavy atom. The molecule has 0 N–H and O–H groups in total. The second-order valence-corrected chi connectivity index (χ2v) is 13.9. The van der Waals surface area contributed by atoms with Crippen LogP contribution in [0.2, 0.25) is 0 Å². The third-order valence-electron chi connectivity index (χ3n) is 7.75. The Morgan fingerprint density at radius 2 is 0.917 bits per heavy atom. The Kier molecular flexibility index (Phi) is 11.7. The van der Waals surface area contributed by atoms with Crippen molar-refractivity contribution in [2.75, 3.05) is 7.11 Å². The lowest BCUT2D eigenvalue weighted by molar-refractivity contribution is 0.158. The lowest BCUT2D eigenvalue weighted by atomic mass is 10.1. The predicted molar refractivity (Wildman–Crippen MR) is 162 cm³/mol. The van der Waals surface area contributed by atoms with Crippen molar-refractivity contribution in [1.29, 1.82) is 0 Å². The molecule has 0 bridgehead atoms. The third kappa shape index (κ3) is 6.67. The molecule has 2 heteroatoms. The smallest absolute Gasteiger partial charge is 0.180 e. The molecule has 3 rings (SSSR count). The van der Waals surface area contributed by atoms with E-state index in [-0.39, 0.29) is 5.85 Å². The average molecular weight is 504 g/mol. The van der Waals surface area contributed by atoms with Gasteiger partial charge in [0.15, 0.2) is 5.85 Å². The fourth-order valence-corrected chi connectivity index (χ4v) is 11.3. The molecule has 194 valence electrons. The second-order valence-electron chi connectivity index (χ2n) is 10.4. The van der Waals surface area contributed by atoms with Gasteiger partial charge in [-0.15, -0.1) is 0 Å². The van der Waals surface area contributed by atoms with Crippen molar-refractivity contribution in [2.24, 2.45) is 0 Å². The molecule has 36 heavy (non-hydrogen) atoms. The first-order valence-electron chi connectivity index (χ1n) is 14.2. The van der Waals surface area contributed by atoms with Gasteiger partial charge in [0.25, 0.3) is 0 Å². The molecule has 0 heterocycles. The third-order valence-corrected chi connectivity index (χ3v) is 12.9. The van der Waals surface area contributed by atoms with E-state index in [0.717, 1.165) is 6.42 Å². The van der Waals surface area contributed by atoms with Gasteiger partial charge in [-0.1, -0.05) is 113 Å². The summed E-state index contributed by atoms with van der Waals surface area (Å²) in [6.07, 6.45) is 13.2. The minimum absolute atomic E-state index is 0.158. The van der Waals surface area contributed by atoms with E-state index in [1.54, 1.807) is 0 Å². The molecule has 0 spiro atoms. The number of hydrogen-bond acceptors (Lipinski definition) is 1. The SMILES string of the molecule is CCCCCCCCCCCC(OC)[P+](c1ccccc1C)(c1ccccc1C)c1ccccc1C. The average Bonchev–Trinajstić information content (AvgIpc) is 2.89. The van der Waals surface area contributed by atoms with Gasteiger partial charge in [-0.05, 0) is 62.1 Å². The van der Waals surface area contributed by atoms with Crippen LogP contribution in [-0.4, -0.2) is 13.0 Å². The minimum atomic E-state index is -2.07. The molecule has 1 atom stereocenters. The molecule has 1 nitrogen and oxygen atoms in total. The Hall–Kier alpha value is -1.95. The van der Waals surface area contributed by atoms with E-state index in [1.807, 2.05) is 7.11 Å². The van der Waals surface area contributed by atoms with Crippen molar-refractivity contribution in [1.82, 2.24) is 0 Å². The lowest BCUT2D eigenvalue weighted by Gasteiger charge is -2.36. The summed E-state index contributed by atoms with van der Waals surface area (Å²) in [5.41, 5.74) is 4.10. The lowest BCUT2D eigenvalue weighted by Crippen LogP contribution is -2.42. The summed E-state index contributed by atoms with van der Waals surface area (Å²) in [5, 5.41) is 4.41. The number of aryl methyl sites for hydroxylation is 3. The standard InChI is InChI=1S/C34H48OP/c1-6-7-8-9-10-11-12-13-14-27-34(35-5)36(31-24-18-15-21-28(31)2,32-25-19-16-22-29(32)3)33-26-20-17-23-30(33)4/h15-26,34H,6-14,27H2,1-5H3/q+1. The summed E-state index contributed by atoms with van der Waals surface area (Å²) in [4.78, 5) is 0. The van der Waals surface area contributed by atoms with Gasteiger partial charge in [0.2, 0.25) is 0 Å². The van der Waals surface area contributed by atoms with Crippen molar-refractivity contribution in [3.63, 3.8) is 0 Å². The van der Waals surface area contributed by atoms with E-state index in [0.29, 0.717) is 0 Å². The number of unbranched alkanes of at least 4 members (excludes halogenated alkanes) is 8. The van der Waals surface area contributed by atoms with Gasteiger partial charge in [0, 0.05) is 13.5 Å². The molecular weight excluding hydrogens is 455 g/mol. The number of ether oxygens (including phenoxy) is 1. The van der Waals surface area contributed by atoms with Gasteiger partial charge in [-0.25, -0.2) is 0 Å². The first kappa shape index (κ1) is 28.6. The highest BCUT2D eigenvalue weighted by Gasteiger charge is 2.54. The molecule has 1 unspecified atom stereocenters. The monoisotopic (exact) mass is 503 g/mol. The van der Waals surface area contributed by atoms with E-state index in [4.69, 9.17) is 4.74 Å². The van der Waals surface area contributed by atoms with Crippen LogP contribution in [0.15, 0.2) is 72.8 Å². The zero-order valence-electron chi connectivity index (χ0n) is 23.4. The summed E-state index contributed by atoms with van der Waals surface area (Å²) >= 11 is 0. The molecule has 0 fully saturated rings. The van der Waals surface area contributed by atoms with Crippen LogP contribution in [0.4, 0.5) is 0 Å². The zero-order valence-corrected chi connectivity index (χ0v) is 24.3. The van der Waals surface area contributed by atoms with Gasteiger partial charge in [0.05, 0.1) is 0 Å². The number of benzene rings is 3. The van der Waals surface area contributed by atoms with Crippen molar-refractivity contribution in [3.05, 3.63) is 89.5 Å². The molecule has 3 aromatic rings. The van der Waals surface area contributed by atoms with Gasteiger partial charge in [0.1, 0.15) is 23.2 Å². The molecule has 3 aromatic carbocycles. The number of hydrogen-bond donors (Lipinski definition) is 0. The maximum absolute atomic E-state index is 6.57. The Morgan fingerprint density at radius 3 is 1.28 bits per heavy atom. The molecule has 0 aromatic heterocycles. The van der Waals surface area contributed by atoms with Crippen LogP contribution in [0, 0.1) is 20.8 Å². The Bertz CT molecular complexity index is 945. The molecular formula is C34H48OP+. The van der Waals surface area contributed by atoms with E-state index in [9.17, 15) is 0 Å². The van der Waals surface area contributed by atoms with Crippen molar-refractivity contribution >= 4 is 23.2 Å². The van der Waals surface area contributed by atoms with Gasteiger partial charge >= 0.3 is 0 Å². The summed E-state index contributed by atoms with van der Waals surface area (Å²) in [7, 11) is -0.126. The zero-order chi connectivity index (χ0) is 25.8. The van der Waals surface area contributed by atoms with E-state index in [1.165, 1.54) is 90.4 Å². The van der Waals surface area contributed by atoms with Gasteiger partial charge in [-0.3, -0.25) is 0 Å². The van der Waals surface area contributed by atoms with E-state index < -0.39 is 7.26 Å². The largest absolute Gasteiger partial charge is 0.346 e.